The van der Waals surface area contributed by atoms with Crippen LogP contribution in [0.2, 0.25) is 5.02 Å². The molecular formula is C23H28ClN3O4S. The minimum atomic E-state index is -3.51. The van der Waals surface area contributed by atoms with Crippen LogP contribution < -0.4 is 14.8 Å². The Balaban J connectivity index is 1.39. The Hall–Kier alpha value is -2.58. The maximum Gasteiger partial charge on any atom is 0.263 e. The smallest absolute Gasteiger partial charge is 0.263 e. The van der Waals surface area contributed by atoms with E-state index in [1.807, 2.05) is 0 Å². The summed E-state index contributed by atoms with van der Waals surface area (Å²) in [5.74, 6) is 1.30. The van der Waals surface area contributed by atoms with Gasteiger partial charge in [0.05, 0.1) is 16.5 Å². The summed E-state index contributed by atoms with van der Waals surface area (Å²) < 4.78 is 32.3. The predicted octanol–water partition coefficient (Wildman–Crippen LogP) is 4.61. The molecule has 3 rings (SSSR count). The fraction of sp³-hybridized carbons (Fsp3) is 0.391. The number of rotatable bonds is 10. The summed E-state index contributed by atoms with van der Waals surface area (Å²) in [5.41, 5.74) is 1.24. The number of ether oxygens (including phenoxy) is 1. The third-order valence-corrected chi connectivity index (χ3v) is 6.47. The number of aliphatic imine (C=N–C) groups is 1. The lowest BCUT2D eigenvalue weighted by Gasteiger charge is -2.12. The molecule has 0 radical (unpaired) electrons. The van der Waals surface area contributed by atoms with Crippen molar-refractivity contribution in [3.05, 3.63) is 53.1 Å². The Bertz CT molecular complexity index is 1100. The van der Waals surface area contributed by atoms with Crippen molar-refractivity contribution < 1.29 is 17.9 Å². The van der Waals surface area contributed by atoms with Crippen LogP contribution in [-0.2, 0) is 14.8 Å². The summed E-state index contributed by atoms with van der Waals surface area (Å²) in [6.45, 7) is 5.19. The van der Waals surface area contributed by atoms with Crippen LogP contribution in [0, 0.1) is 5.92 Å². The highest BCUT2D eigenvalue weighted by Crippen LogP contribution is 2.28. The molecule has 172 valence electrons. The van der Waals surface area contributed by atoms with Gasteiger partial charge in [-0.25, -0.2) is 8.42 Å². The molecule has 0 aromatic heterocycles. The standard InChI is InChI=1S/C23H28ClN3O4S/c1-16(2)15-31-20-12-11-17(14-19(20)24)26-22(28)10-4-3-7-13-25-23-18-8-5-6-9-21(18)32(29,30)27-23/h5-6,8-9,11-12,14,16H,3-4,7,10,13,15H2,1-2H3,(H,25,27)(H,26,28). The van der Waals surface area contributed by atoms with Crippen LogP contribution in [0.25, 0.3) is 0 Å². The Morgan fingerprint density at radius 2 is 1.94 bits per heavy atom. The Morgan fingerprint density at radius 1 is 1.16 bits per heavy atom. The lowest BCUT2D eigenvalue weighted by atomic mass is 10.1. The molecule has 1 amide bonds. The van der Waals surface area contributed by atoms with E-state index in [4.69, 9.17) is 16.3 Å². The minimum absolute atomic E-state index is 0.0827. The van der Waals surface area contributed by atoms with E-state index in [9.17, 15) is 13.2 Å². The van der Waals surface area contributed by atoms with Gasteiger partial charge in [0.2, 0.25) is 5.91 Å². The number of nitrogens with zero attached hydrogens (tertiary/aromatic N) is 1. The predicted molar refractivity (Wildman–Crippen MR) is 127 cm³/mol. The molecule has 7 nitrogen and oxygen atoms in total. The lowest BCUT2D eigenvalue weighted by Crippen LogP contribution is -2.22. The average Bonchev–Trinajstić information content (AvgIpc) is 3.00. The molecule has 0 spiro atoms. The van der Waals surface area contributed by atoms with E-state index in [0.717, 1.165) is 12.8 Å². The monoisotopic (exact) mass is 477 g/mol. The maximum atomic E-state index is 12.2. The molecule has 0 aliphatic carbocycles. The van der Waals surface area contributed by atoms with E-state index in [1.165, 1.54) is 0 Å². The molecule has 32 heavy (non-hydrogen) atoms. The lowest BCUT2D eigenvalue weighted by molar-refractivity contribution is -0.116. The van der Waals surface area contributed by atoms with Gasteiger partial charge in [-0.3, -0.25) is 14.5 Å². The number of carbonyl (C=O) groups excluding carboxylic acids is 1. The first kappa shape index (κ1) is 24.1. The first-order valence-electron chi connectivity index (χ1n) is 10.6. The fourth-order valence-corrected chi connectivity index (χ4v) is 4.68. The van der Waals surface area contributed by atoms with Crippen LogP contribution in [0.3, 0.4) is 0 Å². The highest BCUT2D eigenvalue weighted by molar-refractivity contribution is 7.90. The molecule has 0 saturated carbocycles. The summed E-state index contributed by atoms with van der Waals surface area (Å²) in [4.78, 5) is 16.8. The number of amides is 1. The fourth-order valence-electron chi connectivity index (χ4n) is 3.19. The van der Waals surface area contributed by atoms with Gasteiger partial charge in [-0.15, -0.1) is 0 Å². The van der Waals surface area contributed by atoms with Crippen molar-refractivity contribution in [1.29, 1.82) is 0 Å². The van der Waals surface area contributed by atoms with Gasteiger partial charge < -0.3 is 10.1 Å². The van der Waals surface area contributed by atoms with Gasteiger partial charge in [0.1, 0.15) is 11.6 Å². The van der Waals surface area contributed by atoms with Gasteiger partial charge in [-0.2, -0.15) is 0 Å². The number of nitrogens with one attached hydrogen (secondary N) is 2. The highest BCUT2D eigenvalue weighted by Gasteiger charge is 2.29. The van der Waals surface area contributed by atoms with Gasteiger partial charge in [-0.05, 0) is 49.1 Å². The van der Waals surface area contributed by atoms with E-state index < -0.39 is 10.0 Å². The van der Waals surface area contributed by atoms with E-state index in [-0.39, 0.29) is 10.8 Å². The van der Waals surface area contributed by atoms with Gasteiger partial charge in [0.25, 0.3) is 10.0 Å². The molecule has 0 saturated heterocycles. The molecular weight excluding hydrogens is 450 g/mol. The molecule has 2 aromatic carbocycles. The van der Waals surface area contributed by atoms with E-state index in [2.05, 4.69) is 28.9 Å². The van der Waals surface area contributed by atoms with Crippen LogP contribution in [0.1, 0.15) is 45.1 Å². The number of amidine groups is 1. The molecule has 0 atom stereocenters. The van der Waals surface area contributed by atoms with Crippen molar-refractivity contribution in [2.45, 2.75) is 44.4 Å². The van der Waals surface area contributed by atoms with Crippen molar-refractivity contribution in [1.82, 2.24) is 4.72 Å². The van der Waals surface area contributed by atoms with Gasteiger partial charge in [0, 0.05) is 24.2 Å². The van der Waals surface area contributed by atoms with Crippen LogP contribution in [0.5, 0.6) is 5.75 Å². The van der Waals surface area contributed by atoms with Crippen LogP contribution in [-0.4, -0.2) is 33.3 Å². The largest absolute Gasteiger partial charge is 0.492 e. The second-order valence-electron chi connectivity index (χ2n) is 8.04. The SMILES string of the molecule is CC(C)COc1ccc(NC(=O)CCCCCN=C2NS(=O)(=O)c3ccccc32)cc1Cl. The normalized spacial score (nSPS) is 15.4. The number of fused-ring (bicyclic) bond motifs is 1. The third kappa shape index (κ3) is 6.46. The summed E-state index contributed by atoms with van der Waals surface area (Å²) >= 11 is 6.23. The second-order valence-corrected chi connectivity index (χ2v) is 10.1. The van der Waals surface area contributed by atoms with Crippen molar-refractivity contribution in [2.75, 3.05) is 18.5 Å². The Labute approximate surface area is 194 Å². The number of benzene rings is 2. The van der Waals surface area contributed by atoms with Crippen LogP contribution in [0.15, 0.2) is 52.4 Å². The Kier molecular flexibility index (Phi) is 8.15. The van der Waals surface area contributed by atoms with E-state index in [0.29, 0.717) is 59.8 Å². The number of halogens is 1. The number of unbranched alkanes of at least 4 members (excludes halogenated alkanes) is 2. The highest BCUT2D eigenvalue weighted by atomic mass is 35.5. The molecule has 1 aliphatic heterocycles. The van der Waals surface area contributed by atoms with Crippen molar-refractivity contribution >= 4 is 39.1 Å². The summed E-state index contributed by atoms with van der Waals surface area (Å²) in [7, 11) is -3.51. The second kappa shape index (κ2) is 10.8. The number of carbonyl (C=O) groups is 1. The van der Waals surface area contributed by atoms with Crippen LogP contribution >= 0.6 is 11.6 Å². The summed E-state index contributed by atoms with van der Waals surface area (Å²) in [6, 6.07) is 12.0. The van der Waals surface area contributed by atoms with Crippen molar-refractivity contribution in [2.24, 2.45) is 10.9 Å². The number of hydrogen-bond acceptors (Lipinski definition) is 5. The van der Waals surface area contributed by atoms with E-state index in [1.54, 1.807) is 42.5 Å². The first-order chi connectivity index (χ1) is 15.3. The number of sulfonamides is 1. The van der Waals surface area contributed by atoms with Gasteiger partial charge in [0.15, 0.2) is 0 Å². The average molecular weight is 478 g/mol. The van der Waals surface area contributed by atoms with Crippen LogP contribution in [0.4, 0.5) is 5.69 Å². The van der Waals surface area contributed by atoms with E-state index >= 15 is 0 Å². The molecule has 0 fully saturated rings. The summed E-state index contributed by atoms with van der Waals surface area (Å²) in [6.07, 6.45) is 2.66. The molecule has 0 bridgehead atoms. The molecule has 0 unspecified atom stereocenters. The number of hydrogen-bond donors (Lipinski definition) is 2. The van der Waals surface area contributed by atoms with Crippen molar-refractivity contribution in [3.63, 3.8) is 0 Å². The maximum absolute atomic E-state index is 12.2. The number of anilines is 1. The quantitative estimate of drug-likeness (QED) is 0.488. The summed E-state index contributed by atoms with van der Waals surface area (Å²) in [5, 5.41) is 3.31. The molecule has 2 N–H and O–H groups in total. The molecule has 1 aliphatic rings. The topological polar surface area (TPSA) is 96.9 Å². The van der Waals surface area contributed by atoms with Crippen molar-refractivity contribution in [3.8, 4) is 5.75 Å². The van der Waals surface area contributed by atoms with Gasteiger partial charge >= 0.3 is 0 Å². The Morgan fingerprint density at radius 3 is 2.69 bits per heavy atom. The first-order valence-corrected chi connectivity index (χ1v) is 12.5. The zero-order chi connectivity index (χ0) is 23.1. The molecule has 9 heteroatoms. The zero-order valence-electron chi connectivity index (χ0n) is 18.2. The minimum Gasteiger partial charge on any atom is -0.492 e. The van der Waals surface area contributed by atoms with Gasteiger partial charge in [-0.1, -0.05) is 44.0 Å². The molecule has 2 aromatic rings. The molecule has 1 heterocycles. The zero-order valence-corrected chi connectivity index (χ0v) is 19.8. The third-order valence-electron chi connectivity index (χ3n) is 4.78.